The lowest BCUT2D eigenvalue weighted by Crippen LogP contribution is -2.29. The Hall–Kier alpha value is -1.80. The summed E-state index contributed by atoms with van der Waals surface area (Å²) in [5.74, 6) is 0.803. The third-order valence-corrected chi connectivity index (χ3v) is 6.08. The predicted molar refractivity (Wildman–Crippen MR) is 102 cm³/mol. The molecule has 0 bridgehead atoms. The summed E-state index contributed by atoms with van der Waals surface area (Å²) in [5.41, 5.74) is 1.23. The van der Waals surface area contributed by atoms with E-state index in [-0.39, 0.29) is 4.90 Å². The minimum atomic E-state index is -3.71. The van der Waals surface area contributed by atoms with Crippen LogP contribution in [0.25, 0.3) is 0 Å². The number of amidine groups is 1. The van der Waals surface area contributed by atoms with Crippen LogP contribution < -0.4 is 4.72 Å². The number of aliphatic imine (C=N–C) groups is 1. The monoisotopic (exact) mass is 378 g/mol. The van der Waals surface area contributed by atoms with Crippen LogP contribution >= 0.6 is 11.8 Å². The van der Waals surface area contributed by atoms with E-state index in [1.165, 1.54) is 11.8 Å². The lowest BCUT2D eigenvalue weighted by atomic mass is 9.92. The van der Waals surface area contributed by atoms with Crippen LogP contribution in [0.15, 0.2) is 46.4 Å². The van der Waals surface area contributed by atoms with Crippen molar-refractivity contribution < 1.29 is 8.42 Å². The topological polar surface area (TPSA) is 76.3 Å². The molecule has 3 rings (SSSR count). The minimum absolute atomic E-state index is 0.214. The molecule has 0 spiro atoms. The fraction of sp³-hybridized carbons (Fsp3) is 0.412. The van der Waals surface area contributed by atoms with Gasteiger partial charge in [-0.05, 0) is 5.56 Å². The van der Waals surface area contributed by atoms with Gasteiger partial charge in [-0.2, -0.15) is 5.10 Å². The molecular formula is C17H22N4O2S2. The van der Waals surface area contributed by atoms with Crippen LogP contribution in [0.1, 0.15) is 32.0 Å². The van der Waals surface area contributed by atoms with Crippen LogP contribution in [0.5, 0.6) is 0 Å². The number of nitrogens with one attached hydrogen (secondary N) is 1. The highest BCUT2D eigenvalue weighted by molar-refractivity contribution is 8.15. The maximum atomic E-state index is 12.9. The summed E-state index contributed by atoms with van der Waals surface area (Å²) in [6, 6.07) is 9.85. The van der Waals surface area contributed by atoms with Gasteiger partial charge in [0.05, 0.1) is 18.8 Å². The zero-order valence-corrected chi connectivity index (χ0v) is 16.2. The number of nitrogens with zero attached hydrogens (tertiary/aromatic N) is 3. The summed E-state index contributed by atoms with van der Waals surface area (Å²) in [6.07, 6.45) is 1.61. The molecule has 1 aliphatic heterocycles. The van der Waals surface area contributed by atoms with Crippen molar-refractivity contribution in [1.82, 2.24) is 14.5 Å². The molecular weight excluding hydrogens is 356 g/mol. The molecule has 0 saturated carbocycles. The van der Waals surface area contributed by atoms with Crippen LogP contribution in [-0.2, 0) is 22.0 Å². The molecule has 0 fully saturated rings. The van der Waals surface area contributed by atoms with Crippen LogP contribution in [0.3, 0.4) is 0 Å². The Bertz CT molecular complexity index is 881. The Morgan fingerprint density at radius 2 is 1.96 bits per heavy atom. The summed E-state index contributed by atoms with van der Waals surface area (Å²) >= 11 is 1.42. The van der Waals surface area contributed by atoms with E-state index in [1.807, 2.05) is 51.1 Å². The zero-order valence-electron chi connectivity index (χ0n) is 14.6. The molecule has 1 aromatic carbocycles. The molecule has 134 valence electrons. The number of hydrogen-bond acceptors (Lipinski definition) is 5. The smallest absolute Gasteiger partial charge is 0.266 e. The quantitative estimate of drug-likeness (QED) is 0.887. The maximum Gasteiger partial charge on any atom is 0.266 e. The first-order chi connectivity index (χ1) is 11.8. The Balaban J connectivity index is 1.96. The normalized spacial score (nSPS) is 15.2. The molecule has 0 atom stereocenters. The average molecular weight is 379 g/mol. The summed E-state index contributed by atoms with van der Waals surface area (Å²) in [6.45, 7) is 7.05. The fourth-order valence-corrected chi connectivity index (χ4v) is 4.93. The van der Waals surface area contributed by atoms with Crippen molar-refractivity contribution in [1.29, 1.82) is 0 Å². The van der Waals surface area contributed by atoms with Gasteiger partial charge in [0.25, 0.3) is 10.0 Å². The van der Waals surface area contributed by atoms with Gasteiger partial charge in [-0.1, -0.05) is 62.9 Å². The first kappa shape index (κ1) is 18.0. The number of thioether (sulfide) groups is 1. The molecule has 0 amide bonds. The standard InChI is InChI=1S/C17H22N4O2S2/c1-17(2,3)15-14(25(22,23)20-16-18-9-10-24-16)12-21(19-15)11-13-7-5-4-6-8-13/h4-8,12H,9-11H2,1-3H3,(H,18,20). The van der Waals surface area contributed by atoms with E-state index in [4.69, 9.17) is 0 Å². The fourth-order valence-electron chi connectivity index (χ4n) is 2.54. The number of hydrogen-bond donors (Lipinski definition) is 1. The number of aromatic nitrogens is 2. The van der Waals surface area contributed by atoms with E-state index in [0.29, 0.717) is 24.0 Å². The first-order valence-corrected chi connectivity index (χ1v) is 10.5. The van der Waals surface area contributed by atoms with Crippen molar-refractivity contribution in [2.45, 2.75) is 37.6 Å². The van der Waals surface area contributed by atoms with E-state index in [0.717, 1.165) is 11.3 Å². The van der Waals surface area contributed by atoms with E-state index >= 15 is 0 Å². The van der Waals surface area contributed by atoms with Crippen molar-refractivity contribution in [2.75, 3.05) is 12.3 Å². The first-order valence-electron chi connectivity index (χ1n) is 8.08. The van der Waals surface area contributed by atoms with Gasteiger partial charge in [-0.25, -0.2) is 8.42 Å². The summed E-state index contributed by atoms with van der Waals surface area (Å²) < 4.78 is 30.0. The summed E-state index contributed by atoms with van der Waals surface area (Å²) in [5, 5.41) is 5.02. The molecule has 1 aromatic heterocycles. The van der Waals surface area contributed by atoms with Gasteiger partial charge in [-0.3, -0.25) is 14.4 Å². The maximum absolute atomic E-state index is 12.9. The third-order valence-electron chi connectivity index (χ3n) is 3.72. The molecule has 1 aliphatic rings. The number of rotatable bonds is 4. The van der Waals surface area contributed by atoms with Crippen LogP contribution in [0.2, 0.25) is 0 Å². The van der Waals surface area contributed by atoms with Crippen molar-refractivity contribution in [3.05, 3.63) is 47.8 Å². The van der Waals surface area contributed by atoms with Crippen molar-refractivity contribution in [2.24, 2.45) is 4.99 Å². The number of benzene rings is 1. The van der Waals surface area contributed by atoms with Gasteiger partial charge in [0, 0.05) is 17.4 Å². The second kappa shape index (κ2) is 6.84. The molecule has 8 heteroatoms. The van der Waals surface area contributed by atoms with E-state index in [9.17, 15) is 8.42 Å². The lowest BCUT2D eigenvalue weighted by Gasteiger charge is -2.17. The molecule has 6 nitrogen and oxygen atoms in total. The van der Waals surface area contributed by atoms with Gasteiger partial charge in [-0.15, -0.1) is 0 Å². The van der Waals surface area contributed by atoms with Crippen molar-refractivity contribution >= 4 is 27.0 Å². The summed E-state index contributed by atoms with van der Waals surface area (Å²) in [4.78, 5) is 4.39. The zero-order chi connectivity index (χ0) is 18.1. The largest absolute Gasteiger partial charge is 0.267 e. The minimum Gasteiger partial charge on any atom is -0.267 e. The second-order valence-corrected chi connectivity index (χ2v) is 9.65. The average Bonchev–Trinajstić information content (AvgIpc) is 3.17. The van der Waals surface area contributed by atoms with Crippen LogP contribution in [0, 0.1) is 0 Å². The van der Waals surface area contributed by atoms with Gasteiger partial charge in [0.1, 0.15) is 4.90 Å². The van der Waals surface area contributed by atoms with Gasteiger partial charge in [0.15, 0.2) is 5.17 Å². The second-order valence-electron chi connectivity index (χ2n) is 6.92. The molecule has 0 saturated heterocycles. The molecule has 0 unspecified atom stereocenters. The van der Waals surface area contributed by atoms with Gasteiger partial charge < -0.3 is 0 Å². The lowest BCUT2D eigenvalue weighted by molar-refractivity contribution is 0.532. The van der Waals surface area contributed by atoms with Crippen LogP contribution in [0.4, 0.5) is 0 Å². The highest BCUT2D eigenvalue weighted by Gasteiger charge is 2.31. The summed E-state index contributed by atoms with van der Waals surface area (Å²) in [7, 11) is -3.71. The van der Waals surface area contributed by atoms with Crippen molar-refractivity contribution in [3.8, 4) is 0 Å². The molecule has 0 radical (unpaired) electrons. The Morgan fingerprint density at radius 1 is 1.24 bits per heavy atom. The van der Waals surface area contributed by atoms with E-state index < -0.39 is 15.4 Å². The predicted octanol–water partition coefficient (Wildman–Crippen LogP) is 2.61. The SMILES string of the molecule is CC(C)(C)c1nn(Cc2ccccc2)cc1S(=O)(=O)NC1=NCCS1. The third kappa shape index (κ3) is 4.24. The Labute approximate surface area is 152 Å². The van der Waals surface area contributed by atoms with Gasteiger partial charge in [0.2, 0.25) is 0 Å². The molecule has 25 heavy (non-hydrogen) atoms. The van der Waals surface area contributed by atoms with E-state index in [2.05, 4.69) is 14.8 Å². The molecule has 2 aromatic rings. The van der Waals surface area contributed by atoms with Gasteiger partial charge >= 0.3 is 0 Å². The van der Waals surface area contributed by atoms with Crippen LogP contribution in [-0.4, -0.2) is 35.7 Å². The van der Waals surface area contributed by atoms with E-state index in [1.54, 1.807) is 10.9 Å². The Morgan fingerprint density at radius 3 is 2.56 bits per heavy atom. The Kier molecular flexibility index (Phi) is 4.92. The van der Waals surface area contributed by atoms with Crippen molar-refractivity contribution in [3.63, 3.8) is 0 Å². The highest BCUT2D eigenvalue weighted by Crippen LogP contribution is 2.28. The molecule has 2 heterocycles. The molecule has 1 N–H and O–H groups in total. The highest BCUT2D eigenvalue weighted by atomic mass is 32.2. The molecule has 0 aliphatic carbocycles. The number of sulfonamides is 1.